The third-order valence-electron chi connectivity index (χ3n) is 3.94. The van der Waals surface area contributed by atoms with Crippen LogP contribution in [0.3, 0.4) is 0 Å². The number of rotatable bonds is 5. The summed E-state index contributed by atoms with van der Waals surface area (Å²) >= 11 is 0. The number of hydrogen-bond acceptors (Lipinski definition) is 3. The number of aromatic nitrogens is 1. The van der Waals surface area contributed by atoms with E-state index in [2.05, 4.69) is 16.8 Å². The molecule has 0 fully saturated rings. The number of nitrogens with one attached hydrogen (secondary N) is 1. The van der Waals surface area contributed by atoms with Gasteiger partial charge in [-0.15, -0.1) is 0 Å². The van der Waals surface area contributed by atoms with Crippen LogP contribution in [0, 0.1) is 25.2 Å². The molecule has 0 radical (unpaired) electrons. The van der Waals surface area contributed by atoms with Crippen LogP contribution in [0.1, 0.15) is 23.9 Å². The molecule has 1 aromatic carbocycles. The molecule has 24 heavy (non-hydrogen) atoms. The second kappa shape index (κ2) is 7.51. The largest absolute Gasteiger partial charge is 0.497 e. The Labute approximate surface area is 142 Å². The summed E-state index contributed by atoms with van der Waals surface area (Å²) in [4.78, 5) is 12.3. The van der Waals surface area contributed by atoms with Crippen LogP contribution < -0.4 is 10.1 Å². The zero-order valence-corrected chi connectivity index (χ0v) is 14.4. The Bertz CT molecular complexity index is 808. The molecule has 2 aromatic rings. The summed E-state index contributed by atoms with van der Waals surface area (Å²) < 4.78 is 7.22. The van der Waals surface area contributed by atoms with Gasteiger partial charge in [-0.2, -0.15) is 5.26 Å². The average molecular weight is 323 g/mol. The summed E-state index contributed by atoms with van der Waals surface area (Å²) in [6.07, 6.45) is 1.63. The van der Waals surface area contributed by atoms with Gasteiger partial charge in [0.25, 0.3) is 5.91 Å². The normalized spacial score (nSPS) is 11.0. The molecule has 0 saturated heterocycles. The summed E-state index contributed by atoms with van der Waals surface area (Å²) in [5.41, 5.74) is 3.72. The molecular weight excluding hydrogens is 302 g/mol. The molecule has 1 heterocycles. The van der Waals surface area contributed by atoms with Crippen LogP contribution in [0.25, 0.3) is 6.08 Å². The van der Waals surface area contributed by atoms with Crippen LogP contribution in [-0.4, -0.2) is 17.6 Å². The quantitative estimate of drug-likeness (QED) is 0.674. The van der Waals surface area contributed by atoms with Gasteiger partial charge in [0.05, 0.1) is 7.11 Å². The van der Waals surface area contributed by atoms with E-state index >= 15 is 0 Å². The van der Waals surface area contributed by atoms with Gasteiger partial charge < -0.3 is 14.6 Å². The number of nitriles is 1. The highest BCUT2D eigenvalue weighted by molar-refractivity contribution is 6.09. The highest BCUT2D eigenvalue weighted by atomic mass is 16.5. The monoisotopic (exact) mass is 323 g/mol. The highest BCUT2D eigenvalue weighted by Crippen LogP contribution is 2.19. The molecule has 0 aliphatic rings. The lowest BCUT2D eigenvalue weighted by atomic mass is 10.1. The van der Waals surface area contributed by atoms with E-state index in [1.54, 1.807) is 37.5 Å². The van der Waals surface area contributed by atoms with E-state index in [-0.39, 0.29) is 5.57 Å². The minimum Gasteiger partial charge on any atom is -0.497 e. The molecule has 0 aliphatic heterocycles. The van der Waals surface area contributed by atoms with Crippen molar-refractivity contribution in [3.05, 3.63) is 52.9 Å². The first kappa shape index (κ1) is 17.4. The number of carbonyl (C=O) groups is 1. The van der Waals surface area contributed by atoms with Gasteiger partial charge >= 0.3 is 0 Å². The lowest BCUT2D eigenvalue weighted by molar-refractivity contribution is -0.112. The molecule has 0 saturated carbocycles. The van der Waals surface area contributed by atoms with Crippen LogP contribution in [0.4, 0.5) is 5.69 Å². The minimum atomic E-state index is -0.427. The first-order valence-corrected chi connectivity index (χ1v) is 7.74. The maximum absolute atomic E-state index is 12.3. The van der Waals surface area contributed by atoms with Gasteiger partial charge in [0, 0.05) is 23.6 Å². The molecule has 5 heteroatoms. The molecular formula is C19H21N3O2. The highest BCUT2D eigenvalue weighted by Gasteiger charge is 2.12. The van der Waals surface area contributed by atoms with Crippen molar-refractivity contribution in [2.45, 2.75) is 27.3 Å². The van der Waals surface area contributed by atoms with Crippen molar-refractivity contribution >= 4 is 17.7 Å². The van der Waals surface area contributed by atoms with Crippen LogP contribution in [0.15, 0.2) is 35.9 Å². The summed E-state index contributed by atoms with van der Waals surface area (Å²) in [6, 6.07) is 10.9. The van der Waals surface area contributed by atoms with E-state index in [1.165, 1.54) is 0 Å². The maximum atomic E-state index is 12.3. The van der Waals surface area contributed by atoms with E-state index in [1.807, 2.05) is 26.0 Å². The van der Waals surface area contributed by atoms with Gasteiger partial charge in [-0.25, -0.2) is 0 Å². The molecule has 124 valence electrons. The topological polar surface area (TPSA) is 67.0 Å². The van der Waals surface area contributed by atoms with Gasteiger partial charge in [-0.1, -0.05) is 0 Å². The number of hydrogen-bond donors (Lipinski definition) is 1. The first-order chi connectivity index (χ1) is 11.5. The van der Waals surface area contributed by atoms with Crippen LogP contribution in [-0.2, 0) is 11.3 Å². The van der Waals surface area contributed by atoms with Crippen LogP contribution in [0.5, 0.6) is 5.75 Å². The molecule has 1 N–H and O–H groups in total. The predicted octanol–water partition coefficient (Wildman–Crippen LogP) is 3.68. The SMILES string of the molecule is CCn1c(C)cc(/C=C(/C#N)C(=O)Nc2ccc(OC)cc2)c1C. The van der Waals surface area contributed by atoms with Crippen molar-refractivity contribution in [2.75, 3.05) is 12.4 Å². The fourth-order valence-electron chi connectivity index (χ4n) is 2.64. The van der Waals surface area contributed by atoms with E-state index in [0.717, 1.165) is 23.5 Å². The molecule has 1 aromatic heterocycles. The third-order valence-corrected chi connectivity index (χ3v) is 3.94. The first-order valence-electron chi connectivity index (χ1n) is 7.74. The Morgan fingerprint density at radius 3 is 2.50 bits per heavy atom. The molecule has 2 rings (SSSR count). The Morgan fingerprint density at radius 1 is 1.33 bits per heavy atom. The third kappa shape index (κ3) is 3.66. The van der Waals surface area contributed by atoms with Gasteiger partial charge in [0.1, 0.15) is 17.4 Å². The van der Waals surface area contributed by atoms with E-state index in [0.29, 0.717) is 11.4 Å². The van der Waals surface area contributed by atoms with Crippen LogP contribution >= 0.6 is 0 Å². The number of ether oxygens (including phenoxy) is 1. The van der Waals surface area contributed by atoms with Gasteiger partial charge in [0.2, 0.25) is 0 Å². The Balaban J connectivity index is 2.24. The summed E-state index contributed by atoms with van der Waals surface area (Å²) in [6.45, 7) is 6.91. The number of methoxy groups -OCH3 is 1. The van der Waals surface area contributed by atoms with Gasteiger partial charge in [0.15, 0.2) is 0 Å². The van der Waals surface area contributed by atoms with Crippen LogP contribution in [0.2, 0.25) is 0 Å². The number of nitrogens with zero attached hydrogens (tertiary/aromatic N) is 2. The molecule has 1 amide bonds. The van der Waals surface area contributed by atoms with Gasteiger partial charge in [-0.3, -0.25) is 4.79 Å². The zero-order valence-electron chi connectivity index (χ0n) is 14.4. The number of amides is 1. The average Bonchev–Trinajstić information content (AvgIpc) is 2.86. The maximum Gasteiger partial charge on any atom is 0.266 e. The predicted molar refractivity (Wildman–Crippen MR) is 94.8 cm³/mol. The Kier molecular flexibility index (Phi) is 5.43. The number of benzene rings is 1. The van der Waals surface area contributed by atoms with Crippen molar-refractivity contribution < 1.29 is 9.53 Å². The standard InChI is InChI=1S/C19H21N3O2/c1-5-22-13(2)10-15(14(22)3)11-16(12-20)19(23)21-17-6-8-18(24-4)9-7-17/h6-11H,5H2,1-4H3,(H,21,23)/b16-11-. The summed E-state index contributed by atoms with van der Waals surface area (Å²) in [5, 5.41) is 12.1. The lowest BCUT2D eigenvalue weighted by Gasteiger charge is -2.06. The van der Waals surface area contributed by atoms with Crippen molar-refractivity contribution in [3.63, 3.8) is 0 Å². The van der Waals surface area contributed by atoms with Crippen molar-refractivity contribution in [3.8, 4) is 11.8 Å². The van der Waals surface area contributed by atoms with E-state index < -0.39 is 5.91 Å². The summed E-state index contributed by atoms with van der Waals surface area (Å²) in [5.74, 6) is 0.278. The van der Waals surface area contributed by atoms with Gasteiger partial charge in [-0.05, 0) is 62.7 Å². The fourth-order valence-corrected chi connectivity index (χ4v) is 2.64. The Hall–Kier alpha value is -3.00. The number of anilines is 1. The smallest absolute Gasteiger partial charge is 0.266 e. The van der Waals surface area contributed by atoms with Crippen molar-refractivity contribution in [1.82, 2.24) is 4.57 Å². The van der Waals surface area contributed by atoms with E-state index in [4.69, 9.17) is 4.74 Å². The van der Waals surface area contributed by atoms with Crippen molar-refractivity contribution in [2.24, 2.45) is 0 Å². The molecule has 5 nitrogen and oxygen atoms in total. The molecule has 0 aliphatic carbocycles. The molecule has 0 atom stereocenters. The Morgan fingerprint density at radius 2 is 2.00 bits per heavy atom. The lowest BCUT2D eigenvalue weighted by Crippen LogP contribution is -2.13. The summed E-state index contributed by atoms with van der Waals surface area (Å²) in [7, 11) is 1.58. The second-order valence-electron chi connectivity index (χ2n) is 5.42. The minimum absolute atomic E-state index is 0.0715. The zero-order chi connectivity index (χ0) is 17.7. The van der Waals surface area contributed by atoms with Crippen molar-refractivity contribution in [1.29, 1.82) is 5.26 Å². The molecule has 0 spiro atoms. The number of carbonyl (C=O) groups excluding carboxylic acids is 1. The van der Waals surface area contributed by atoms with E-state index in [9.17, 15) is 10.1 Å². The molecule has 0 bridgehead atoms. The molecule has 0 unspecified atom stereocenters. The fraction of sp³-hybridized carbons (Fsp3) is 0.263. The number of aryl methyl sites for hydroxylation is 1. The second-order valence-corrected chi connectivity index (χ2v) is 5.42.